The number of hydrogen-bond acceptors (Lipinski definition) is 3. The summed E-state index contributed by atoms with van der Waals surface area (Å²) >= 11 is 0. The zero-order chi connectivity index (χ0) is 15.8. The fourth-order valence-electron chi connectivity index (χ4n) is 1.91. The van der Waals surface area contributed by atoms with Crippen LogP contribution in [0.3, 0.4) is 0 Å². The predicted octanol–water partition coefficient (Wildman–Crippen LogP) is 2.66. The Balaban J connectivity index is 2.23. The van der Waals surface area contributed by atoms with Crippen LogP contribution >= 0.6 is 0 Å². The van der Waals surface area contributed by atoms with Gasteiger partial charge in [-0.1, -0.05) is 12.1 Å². The van der Waals surface area contributed by atoms with Crippen LogP contribution < -0.4 is 0 Å². The van der Waals surface area contributed by atoms with Gasteiger partial charge in [0.05, 0.1) is 11.4 Å². The molecule has 4 nitrogen and oxygen atoms in total. The number of benzene rings is 1. The van der Waals surface area contributed by atoms with Crippen molar-refractivity contribution in [3.63, 3.8) is 0 Å². The Labute approximate surface area is 120 Å². The molecule has 0 aliphatic heterocycles. The van der Waals surface area contributed by atoms with Crippen molar-refractivity contribution in [3.8, 4) is 0 Å². The van der Waals surface area contributed by atoms with Crippen LogP contribution in [0.1, 0.15) is 16.8 Å². The highest BCUT2D eigenvalue weighted by molar-refractivity contribution is 7.90. The van der Waals surface area contributed by atoms with Gasteiger partial charge in [0.1, 0.15) is 0 Å². The fourth-order valence-corrected chi connectivity index (χ4v) is 2.54. The van der Waals surface area contributed by atoms with E-state index in [4.69, 9.17) is 0 Å². The monoisotopic (exact) mass is 318 g/mol. The lowest BCUT2D eigenvalue weighted by Gasteiger charge is -2.04. The second kappa shape index (κ2) is 5.18. The van der Waals surface area contributed by atoms with Crippen LogP contribution in [0.2, 0.25) is 0 Å². The summed E-state index contributed by atoms with van der Waals surface area (Å²) in [6.45, 7) is 1.49. The van der Waals surface area contributed by atoms with E-state index < -0.39 is 21.7 Å². The zero-order valence-corrected chi connectivity index (χ0v) is 12.2. The first kappa shape index (κ1) is 15.6. The van der Waals surface area contributed by atoms with E-state index in [9.17, 15) is 21.6 Å². The second-order valence-corrected chi connectivity index (χ2v) is 6.79. The van der Waals surface area contributed by atoms with Crippen molar-refractivity contribution in [2.45, 2.75) is 24.5 Å². The molecule has 0 N–H and O–H groups in total. The molecule has 2 aromatic rings. The molecule has 1 aromatic carbocycles. The minimum Gasteiger partial charge on any atom is -0.267 e. The van der Waals surface area contributed by atoms with E-state index in [1.54, 1.807) is 12.1 Å². The molecule has 0 saturated carbocycles. The van der Waals surface area contributed by atoms with Gasteiger partial charge in [0, 0.05) is 12.5 Å². The molecule has 0 aliphatic carbocycles. The smallest absolute Gasteiger partial charge is 0.267 e. The summed E-state index contributed by atoms with van der Waals surface area (Å²) < 4.78 is 61.8. The van der Waals surface area contributed by atoms with Crippen molar-refractivity contribution >= 4 is 9.84 Å². The summed E-state index contributed by atoms with van der Waals surface area (Å²) in [5.41, 5.74) is -0.191. The molecule has 0 fully saturated rings. The van der Waals surface area contributed by atoms with Gasteiger partial charge in [-0.3, -0.25) is 4.68 Å². The molecular formula is C13H13F3N2O2S. The quantitative estimate of drug-likeness (QED) is 0.874. The Bertz CT molecular complexity index is 747. The molecule has 0 atom stereocenters. The first-order valence-corrected chi connectivity index (χ1v) is 7.87. The SMILES string of the molecule is Cc1cn(Cc2ccc(S(C)(=O)=O)cc2)nc1C(F)(F)F. The highest BCUT2D eigenvalue weighted by Gasteiger charge is 2.35. The molecule has 0 radical (unpaired) electrons. The molecule has 21 heavy (non-hydrogen) atoms. The Morgan fingerprint density at radius 2 is 1.76 bits per heavy atom. The van der Waals surface area contributed by atoms with E-state index in [1.165, 1.54) is 29.9 Å². The molecule has 0 aliphatic rings. The first-order valence-electron chi connectivity index (χ1n) is 5.97. The van der Waals surface area contributed by atoms with Crippen molar-refractivity contribution in [2.24, 2.45) is 0 Å². The third-order valence-electron chi connectivity index (χ3n) is 2.91. The average molecular weight is 318 g/mol. The highest BCUT2D eigenvalue weighted by atomic mass is 32.2. The molecule has 0 saturated heterocycles. The normalized spacial score (nSPS) is 12.6. The molecule has 0 unspecified atom stereocenters. The lowest BCUT2D eigenvalue weighted by atomic mass is 10.2. The van der Waals surface area contributed by atoms with Gasteiger partial charge in [0.15, 0.2) is 15.5 Å². The van der Waals surface area contributed by atoms with E-state index in [0.717, 1.165) is 6.26 Å². The Morgan fingerprint density at radius 1 is 1.19 bits per heavy atom. The van der Waals surface area contributed by atoms with Gasteiger partial charge < -0.3 is 0 Å². The Kier molecular flexibility index (Phi) is 3.83. The molecule has 0 spiro atoms. The van der Waals surface area contributed by atoms with Crippen LogP contribution in [-0.4, -0.2) is 24.5 Å². The van der Waals surface area contributed by atoms with Crippen LogP contribution in [0.25, 0.3) is 0 Å². The number of nitrogens with zero attached hydrogens (tertiary/aromatic N) is 2. The van der Waals surface area contributed by atoms with Gasteiger partial charge in [-0.05, 0) is 30.2 Å². The van der Waals surface area contributed by atoms with Crippen molar-refractivity contribution < 1.29 is 21.6 Å². The zero-order valence-electron chi connectivity index (χ0n) is 11.3. The lowest BCUT2D eigenvalue weighted by Crippen LogP contribution is -2.09. The highest BCUT2D eigenvalue weighted by Crippen LogP contribution is 2.30. The van der Waals surface area contributed by atoms with Gasteiger partial charge in [-0.15, -0.1) is 0 Å². The van der Waals surface area contributed by atoms with Gasteiger partial charge >= 0.3 is 6.18 Å². The average Bonchev–Trinajstić information content (AvgIpc) is 2.69. The van der Waals surface area contributed by atoms with Crippen LogP contribution in [0.4, 0.5) is 13.2 Å². The summed E-state index contributed by atoms with van der Waals surface area (Å²) in [4.78, 5) is 0.166. The summed E-state index contributed by atoms with van der Waals surface area (Å²) in [5.74, 6) is 0. The molecule has 1 heterocycles. The number of aromatic nitrogens is 2. The summed E-state index contributed by atoms with van der Waals surface area (Å²) in [6.07, 6.45) is -2.07. The Morgan fingerprint density at radius 3 is 2.19 bits per heavy atom. The fraction of sp³-hybridized carbons (Fsp3) is 0.308. The van der Waals surface area contributed by atoms with Gasteiger partial charge in [-0.2, -0.15) is 18.3 Å². The first-order chi connectivity index (χ1) is 9.57. The predicted molar refractivity (Wildman–Crippen MR) is 70.6 cm³/mol. The summed E-state index contributed by atoms with van der Waals surface area (Å²) in [7, 11) is -3.29. The molecule has 114 valence electrons. The number of alkyl halides is 3. The van der Waals surface area contributed by atoms with E-state index in [0.29, 0.717) is 5.56 Å². The molecular weight excluding hydrogens is 305 g/mol. The van der Waals surface area contributed by atoms with E-state index in [1.807, 2.05) is 0 Å². The third kappa shape index (κ3) is 3.63. The second-order valence-electron chi connectivity index (χ2n) is 4.77. The van der Waals surface area contributed by atoms with Crippen molar-refractivity contribution in [1.82, 2.24) is 9.78 Å². The molecule has 0 amide bonds. The lowest BCUT2D eigenvalue weighted by molar-refractivity contribution is -0.141. The largest absolute Gasteiger partial charge is 0.435 e. The number of halogens is 3. The maximum atomic E-state index is 12.6. The van der Waals surface area contributed by atoms with E-state index in [-0.39, 0.29) is 17.0 Å². The summed E-state index contributed by atoms with van der Waals surface area (Å²) in [5, 5.41) is 3.52. The van der Waals surface area contributed by atoms with Crippen LogP contribution in [-0.2, 0) is 22.6 Å². The van der Waals surface area contributed by atoms with E-state index in [2.05, 4.69) is 5.10 Å². The minimum absolute atomic E-state index is 0.0512. The van der Waals surface area contributed by atoms with Crippen molar-refractivity contribution in [3.05, 3.63) is 47.3 Å². The third-order valence-corrected chi connectivity index (χ3v) is 4.04. The van der Waals surface area contributed by atoms with E-state index >= 15 is 0 Å². The number of rotatable bonds is 3. The molecule has 8 heteroatoms. The van der Waals surface area contributed by atoms with Gasteiger partial charge in [-0.25, -0.2) is 8.42 Å². The molecule has 2 rings (SSSR count). The maximum Gasteiger partial charge on any atom is 0.435 e. The standard InChI is InChI=1S/C13H13F3N2O2S/c1-9-7-18(17-12(9)13(14,15)16)8-10-3-5-11(6-4-10)21(2,19)20/h3-7H,8H2,1-2H3. The number of aryl methyl sites for hydroxylation is 1. The number of sulfone groups is 1. The van der Waals surface area contributed by atoms with Gasteiger partial charge in [0.25, 0.3) is 0 Å². The molecule has 1 aromatic heterocycles. The number of hydrogen-bond donors (Lipinski definition) is 0. The van der Waals surface area contributed by atoms with Gasteiger partial charge in [0.2, 0.25) is 0 Å². The Hall–Kier alpha value is -1.83. The molecule has 0 bridgehead atoms. The summed E-state index contributed by atoms with van der Waals surface area (Å²) in [6, 6.07) is 5.96. The minimum atomic E-state index is -4.48. The van der Waals surface area contributed by atoms with Crippen molar-refractivity contribution in [1.29, 1.82) is 0 Å². The topological polar surface area (TPSA) is 52.0 Å². The van der Waals surface area contributed by atoms with Crippen LogP contribution in [0.15, 0.2) is 35.4 Å². The van der Waals surface area contributed by atoms with Crippen molar-refractivity contribution in [2.75, 3.05) is 6.26 Å². The van der Waals surface area contributed by atoms with Crippen LogP contribution in [0, 0.1) is 6.92 Å². The maximum absolute atomic E-state index is 12.6. The van der Waals surface area contributed by atoms with Crippen LogP contribution in [0.5, 0.6) is 0 Å².